The minimum absolute atomic E-state index is 0.0353. The van der Waals surface area contributed by atoms with Crippen molar-refractivity contribution in [1.29, 1.82) is 0 Å². The molecule has 2 aromatic rings. The standard InChI is InChI=1S/C11H8BrClFN3O2S/c12-8-3-6(1-2-10(8)14)17-20(18,19)7-4-9(13)11(15)16-5-7/h1-5,17H,(H2,15,16). The smallest absolute Gasteiger partial charge is 0.263 e. The molecular weight excluding hydrogens is 373 g/mol. The molecule has 0 fully saturated rings. The average molecular weight is 381 g/mol. The summed E-state index contributed by atoms with van der Waals surface area (Å²) in [5.41, 5.74) is 5.62. The van der Waals surface area contributed by atoms with Crippen LogP contribution < -0.4 is 10.5 Å². The molecule has 106 valence electrons. The predicted octanol–water partition coefficient (Wildman–Crippen LogP) is 3.02. The minimum atomic E-state index is -3.88. The van der Waals surface area contributed by atoms with Crippen LogP contribution in [0.3, 0.4) is 0 Å². The number of pyridine rings is 1. The van der Waals surface area contributed by atoms with Crippen LogP contribution >= 0.6 is 27.5 Å². The van der Waals surface area contributed by atoms with Gasteiger partial charge in [0, 0.05) is 6.20 Å². The number of hydrogen-bond acceptors (Lipinski definition) is 4. The molecule has 0 unspecified atom stereocenters. The van der Waals surface area contributed by atoms with E-state index in [1.165, 1.54) is 18.2 Å². The Morgan fingerprint density at radius 2 is 2.05 bits per heavy atom. The Bertz CT molecular complexity index is 770. The van der Waals surface area contributed by atoms with E-state index in [1.54, 1.807) is 0 Å². The molecule has 20 heavy (non-hydrogen) atoms. The van der Waals surface area contributed by atoms with Gasteiger partial charge in [-0.15, -0.1) is 0 Å². The van der Waals surface area contributed by atoms with Crippen molar-refractivity contribution in [3.05, 3.63) is 45.8 Å². The van der Waals surface area contributed by atoms with Crippen molar-refractivity contribution in [3.8, 4) is 0 Å². The van der Waals surface area contributed by atoms with E-state index < -0.39 is 15.8 Å². The van der Waals surface area contributed by atoms with Crippen LogP contribution in [0.25, 0.3) is 0 Å². The lowest BCUT2D eigenvalue weighted by Crippen LogP contribution is -2.13. The molecule has 1 aromatic carbocycles. The second-order valence-corrected chi connectivity index (χ2v) is 6.72. The Morgan fingerprint density at radius 1 is 1.35 bits per heavy atom. The van der Waals surface area contributed by atoms with Crippen LogP contribution in [0.1, 0.15) is 0 Å². The molecular formula is C11H8BrClFN3O2S. The molecule has 0 aliphatic carbocycles. The van der Waals surface area contributed by atoms with Gasteiger partial charge in [0.25, 0.3) is 10.0 Å². The lowest BCUT2D eigenvalue weighted by molar-refractivity contribution is 0.600. The van der Waals surface area contributed by atoms with E-state index in [0.717, 1.165) is 12.3 Å². The van der Waals surface area contributed by atoms with Crippen LogP contribution in [0.5, 0.6) is 0 Å². The highest BCUT2D eigenvalue weighted by Gasteiger charge is 2.16. The first-order chi connectivity index (χ1) is 9.29. The average Bonchev–Trinajstić information content (AvgIpc) is 2.37. The Balaban J connectivity index is 2.35. The van der Waals surface area contributed by atoms with Crippen LogP contribution in [-0.4, -0.2) is 13.4 Å². The highest BCUT2D eigenvalue weighted by atomic mass is 79.9. The fourth-order valence-corrected chi connectivity index (χ4v) is 2.98. The topological polar surface area (TPSA) is 85.1 Å². The van der Waals surface area contributed by atoms with Crippen molar-refractivity contribution in [2.24, 2.45) is 0 Å². The monoisotopic (exact) mass is 379 g/mol. The maximum absolute atomic E-state index is 13.1. The molecule has 0 saturated heterocycles. The second kappa shape index (κ2) is 5.55. The number of halogens is 3. The van der Waals surface area contributed by atoms with Gasteiger partial charge in [-0.3, -0.25) is 4.72 Å². The SMILES string of the molecule is Nc1ncc(S(=O)(=O)Nc2ccc(F)c(Br)c2)cc1Cl. The van der Waals surface area contributed by atoms with E-state index in [0.29, 0.717) is 0 Å². The predicted molar refractivity (Wildman–Crippen MR) is 78.6 cm³/mol. The van der Waals surface area contributed by atoms with Crippen molar-refractivity contribution < 1.29 is 12.8 Å². The summed E-state index contributed by atoms with van der Waals surface area (Å²) < 4.78 is 39.7. The van der Waals surface area contributed by atoms with Gasteiger partial charge in [-0.25, -0.2) is 17.8 Å². The number of hydrogen-bond donors (Lipinski definition) is 2. The van der Waals surface area contributed by atoms with Crippen LogP contribution in [0.4, 0.5) is 15.9 Å². The number of nitrogens with zero attached hydrogens (tertiary/aromatic N) is 1. The molecule has 0 radical (unpaired) electrons. The van der Waals surface area contributed by atoms with Gasteiger partial charge in [0.2, 0.25) is 0 Å². The molecule has 0 spiro atoms. The van der Waals surface area contributed by atoms with Crippen molar-refractivity contribution in [2.75, 3.05) is 10.5 Å². The first kappa shape index (κ1) is 15.0. The quantitative estimate of drug-likeness (QED) is 0.857. The zero-order valence-corrected chi connectivity index (χ0v) is 12.9. The van der Waals surface area contributed by atoms with Gasteiger partial charge in [-0.2, -0.15) is 0 Å². The summed E-state index contributed by atoms with van der Waals surface area (Å²) >= 11 is 8.70. The molecule has 0 aliphatic heterocycles. The number of rotatable bonds is 3. The molecule has 0 bridgehead atoms. The number of anilines is 2. The molecule has 9 heteroatoms. The zero-order valence-electron chi connectivity index (χ0n) is 9.77. The first-order valence-corrected chi connectivity index (χ1v) is 7.84. The molecule has 2 rings (SSSR count). The fraction of sp³-hybridized carbons (Fsp3) is 0. The number of benzene rings is 1. The van der Waals surface area contributed by atoms with Crippen molar-refractivity contribution in [1.82, 2.24) is 4.98 Å². The van der Waals surface area contributed by atoms with Gasteiger partial charge in [-0.1, -0.05) is 11.6 Å². The third-order valence-electron chi connectivity index (χ3n) is 2.33. The van der Waals surface area contributed by atoms with Crippen LogP contribution in [0.2, 0.25) is 5.02 Å². The molecule has 0 saturated carbocycles. The normalized spacial score (nSPS) is 11.3. The summed E-state index contributed by atoms with van der Waals surface area (Å²) in [5.74, 6) is -0.458. The number of nitrogens with one attached hydrogen (secondary N) is 1. The van der Waals surface area contributed by atoms with Crippen molar-refractivity contribution in [2.45, 2.75) is 4.90 Å². The van der Waals surface area contributed by atoms with E-state index >= 15 is 0 Å². The third-order valence-corrected chi connectivity index (χ3v) is 4.59. The summed E-state index contributed by atoms with van der Waals surface area (Å²) in [7, 11) is -3.88. The summed E-state index contributed by atoms with van der Waals surface area (Å²) in [5, 5.41) is 0.0353. The minimum Gasteiger partial charge on any atom is -0.382 e. The molecule has 1 heterocycles. The fourth-order valence-electron chi connectivity index (χ4n) is 1.35. The largest absolute Gasteiger partial charge is 0.382 e. The van der Waals surface area contributed by atoms with Crippen LogP contribution in [0.15, 0.2) is 39.8 Å². The lowest BCUT2D eigenvalue weighted by Gasteiger charge is -2.09. The molecule has 5 nitrogen and oxygen atoms in total. The van der Waals surface area contributed by atoms with E-state index in [1.807, 2.05) is 0 Å². The van der Waals surface area contributed by atoms with Gasteiger partial charge in [0.05, 0.1) is 15.2 Å². The molecule has 3 N–H and O–H groups in total. The summed E-state index contributed by atoms with van der Waals surface area (Å²) in [4.78, 5) is 3.53. The van der Waals surface area contributed by atoms with Crippen molar-refractivity contribution >= 4 is 49.1 Å². The van der Waals surface area contributed by atoms with Crippen molar-refractivity contribution in [3.63, 3.8) is 0 Å². The summed E-state index contributed by atoms with van der Waals surface area (Å²) in [6.07, 6.45) is 1.09. The van der Waals surface area contributed by atoms with Crippen LogP contribution in [-0.2, 0) is 10.0 Å². The Kier molecular flexibility index (Phi) is 4.17. The molecule has 0 aliphatic rings. The first-order valence-electron chi connectivity index (χ1n) is 5.18. The maximum Gasteiger partial charge on any atom is 0.263 e. The summed E-state index contributed by atoms with van der Waals surface area (Å²) in [6.45, 7) is 0. The molecule has 0 atom stereocenters. The number of nitrogens with two attached hydrogens (primary N) is 1. The number of sulfonamides is 1. The van der Waals surface area contributed by atoms with E-state index in [9.17, 15) is 12.8 Å². The van der Waals surface area contributed by atoms with E-state index in [4.69, 9.17) is 17.3 Å². The number of nitrogen functional groups attached to an aromatic ring is 1. The summed E-state index contributed by atoms with van der Waals surface area (Å²) in [6, 6.07) is 4.92. The van der Waals surface area contributed by atoms with E-state index in [2.05, 4.69) is 25.6 Å². The highest BCUT2D eigenvalue weighted by Crippen LogP contribution is 2.24. The Labute approximate surface area is 128 Å². The van der Waals surface area contributed by atoms with Gasteiger partial charge in [0.15, 0.2) is 0 Å². The maximum atomic E-state index is 13.1. The van der Waals surface area contributed by atoms with Crippen LogP contribution in [0, 0.1) is 5.82 Å². The molecule has 0 amide bonds. The third kappa shape index (κ3) is 3.20. The van der Waals surface area contributed by atoms with Gasteiger partial charge >= 0.3 is 0 Å². The van der Waals surface area contributed by atoms with Gasteiger partial charge < -0.3 is 5.73 Å². The molecule has 1 aromatic heterocycles. The highest BCUT2D eigenvalue weighted by molar-refractivity contribution is 9.10. The number of aromatic nitrogens is 1. The zero-order chi connectivity index (χ0) is 14.9. The lowest BCUT2D eigenvalue weighted by atomic mass is 10.3. The van der Waals surface area contributed by atoms with E-state index in [-0.39, 0.29) is 25.9 Å². The second-order valence-electron chi connectivity index (χ2n) is 3.77. The van der Waals surface area contributed by atoms with Gasteiger partial charge in [0.1, 0.15) is 16.5 Å². The Hall–Kier alpha value is -1.38. The Morgan fingerprint density at radius 3 is 2.65 bits per heavy atom. The van der Waals surface area contributed by atoms with Gasteiger partial charge in [-0.05, 0) is 40.2 Å².